The Morgan fingerprint density at radius 3 is 2.65 bits per heavy atom. The van der Waals surface area contributed by atoms with Gasteiger partial charge in [-0.2, -0.15) is 0 Å². The van der Waals surface area contributed by atoms with Crippen molar-refractivity contribution >= 4 is 17.3 Å². The van der Waals surface area contributed by atoms with Crippen LogP contribution in [-0.4, -0.2) is 6.04 Å². The molecule has 1 nitrogen and oxygen atoms in total. The van der Waals surface area contributed by atoms with Crippen LogP contribution in [0.2, 0.25) is 5.02 Å². The van der Waals surface area contributed by atoms with Gasteiger partial charge < -0.3 is 5.32 Å². The zero-order valence-electron chi connectivity index (χ0n) is 11.4. The van der Waals surface area contributed by atoms with E-state index >= 15 is 0 Å². The second-order valence-electron chi connectivity index (χ2n) is 5.51. The predicted octanol–water partition coefficient (Wildman–Crippen LogP) is 5.15. The van der Waals surface area contributed by atoms with E-state index in [-0.39, 0.29) is 5.82 Å². The lowest BCUT2D eigenvalue weighted by atomic mass is 9.75. The second kappa shape index (κ2) is 5.45. The van der Waals surface area contributed by atoms with Crippen LogP contribution in [0.25, 0.3) is 0 Å². The highest BCUT2D eigenvalue weighted by atomic mass is 35.5. The van der Waals surface area contributed by atoms with Crippen molar-refractivity contribution in [3.63, 3.8) is 0 Å². The highest BCUT2D eigenvalue weighted by Gasteiger charge is 2.31. The molecule has 0 heterocycles. The molecule has 1 N–H and O–H groups in total. The molecule has 1 aliphatic rings. The molecule has 0 aromatic heterocycles. The third-order valence-corrected chi connectivity index (χ3v) is 4.31. The van der Waals surface area contributed by atoms with Crippen molar-refractivity contribution in [3.05, 3.63) is 64.4 Å². The molecule has 104 valence electrons. The first-order valence-corrected chi connectivity index (χ1v) is 7.28. The van der Waals surface area contributed by atoms with Crippen LogP contribution in [-0.2, 0) is 0 Å². The van der Waals surface area contributed by atoms with Crippen molar-refractivity contribution < 1.29 is 4.39 Å². The van der Waals surface area contributed by atoms with Crippen molar-refractivity contribution in [2.24, 2.45) is 0 Å². The van der Waals surface area contributed by atoms with Crippen molar-refractivity contribution in [2.45, 2.75) is 31.7 Å². The minimum atomic E-state index is -0.184. The summed E-state index contributed by atoms with van der Waals surface area (Å²) in [6, 6.07) is 13.5. The minimum absolute atomic E-state index is 0.184. The van der Waals surface area contributed by atoms with E-state index in [2.05, 4.69) is 11.4 Å². The number of hydrogen-bond acceptors (Lipinski definition) is 1. The maximum absolute atomic E-state index is 13.7. The highest BCUT2D eigenvalue weighted by molar-refractivity contribution is 6.31. The Bertz CT molecular complexity index is 620. The van der Waals surface area contributed by atoms with Crippen LogP contribution in [0.5, 0.6) is 0 Å². The normalized spacial score (nSPS) is 21.4. The molecule has 1 saturated carbocycles. The third-order valence-electron chi connectivity index (χ3n) is 3.96. The van der Waals surface area contributed by atoms with E-state index in [0.717, 1.165) is 23.4 Å². The van der Waals surface area contributed by atoms with Crippen LogP contribution in [0, 0.1) is 12.7 Å². The van der Waals surface area contributed by atoms with Gasteiger partial charge in [-0.3, -0.25) is 0 Å². The van der Waals surface area contributed by atoms with Crippen LogP contribution in [0.1, 0.15) is 29.9 Å². The van der Waals surface area contributed by atoms with Gasteiger partial charge in [0.1, 0.15) is 5.82 Å². The van der Waals surface area contributed by atoms with Crippen LogP contribution in [0.15, 0.2) is 42.5 Å². The van der Waals surface area contributed by atoms with Crippen LogP contribution in [0.3, 0.4) is 0 Å². The first-order valence-electron chi connectivity index (χ1n) is 6.90. The van der Waals surface area contributed by atoms with Crippen molar-refractivity contribution in [3.8, 4) is 0 Å². The number of halogens is 2. The summed E-state index contributed by atoms with van der Waals surface area (Å²) in [6.07, 6.45) is 1.99. The quantitative estimate of drug-likeness (QED) is 0.824. The summed E-state index contributed by atoms with van der Waals surface area (Å²) in [7, 11) is 0. The molecule has 0 unspecified atom stereocenters. The van der Waals surface area contributed by atoms with E-state index in [1.165, 1.54) is 11.6 Å². The Kier molecular flexibility index (Phi) is 3.66. The van der Waals surface area contributed by atoms with Crippen molar-refractivity contribution in [2.75, 3.05) is 5.32 Å². The van der Waals surface area contributed by atoms with E-state index in [1.54, 1.807) is 6.07 Å². The number of nitrogens with one attached hydrogen (secondary N) is 1. The number of rotatable bonds is 3. The molecule has 0 aliphatic heterocycles. The Morgan fingerprint density at radius 2 is 1.90 bits per heavy atom. The maximum Gasteiger partial charge on any atom is 0.146 e. The third kappa shape index (κ3) is 2.66. The standard InChI is InChI=1S/C17H17ClFN/c1-11-6-7-16(19)17(8-11)20-13-9-12(10-13)14-4-2-3-5-15(14)18/h2-8,12-13,20H,9-10H2,1H3. The molecule has 1 aliphatic carbocycles. The molecule has 2 aromatic rings. The van der Waals surface area contributed by atoms with E-state index in [4.69, 9.17) is 11.6 Å². The van der Waals surface area contributed by atoms with Crippen LogP contribution >= 0.6 is 11.6 Å². The molecule has 0 spiro atoms. The molecular formula is C17H17ClFN. The molecule has 3 heteroatoms. The van der Waals surface area contributed by atoms with Gasteiger partial charge in [-0.05, 0) is 55.0 Å². The second-order valence-corrected chi connectivity index (χ2v) is 5.92. The van der Waals surface area contributed by atoms with Gasteiger partial charge in [0, 0.05) is 11.1 Å². The minimum Gasteiger partial charge on any atom is -0.380 e. The summed E-state index contributed by atoms with van der Waals surface area (Å²) >= 11 is 6.21. The van der Waals surface area contributed by atoms with E-state index in [9.17, 15) is 4.39 Å². The monoisotopic (exact) mass is 289 g/mol. The van der Waals surface area contributed by atoms with E-state index in [0.29, 0.717) is 17.6 Å². The molecule has 0 atom stereocenters. The average Bonchev–Trinajstić information content (AvgIpc) is 2.38. The Morgan fingerprint density at radius 1 is 1.15 bits per heavy atom. The van der Waals surface area contributed by atoms with Gasteiger partial charge in [0.15, 0.2) is 0 Å². The van der Waals surface area contributed by atoms with Gasteiger partial charge in [-0.1, -0.05) is 35.9 Å². The van der Waals surface area contributed by atoms with Gasteiger partial charge >= 0.3 is 0 Å². The molecule has 20 heavy (non-hydrogen) atoms. The van der Waals surface area contributed by atoms with Gasteiger partial charge in [0.2, 0.25) is 0 Å². The molecule has 0 bridgehead atoms. The van der Waals surface area contributed by atoms with Gasteiger partial charge in [-0.25, -0.2) is 4.39 Å². The Hall–Kier alpha value is -1.54. The van der Waals surface area contributed by atoms with Gasteiger partial charge in [0.25, 0.3) is 0 Å². The fourth-order valence-electron chi connectivity index (χ4n) is 2.77. The maximum atomic E-state index is 13.7. The van der Waals surface area contributed by atoms with E-state index < -0.39 is 0 Å². The zero-order chi connectivity index (χ0) is 14.1. The van der Waals surface area contributed by atoms with Gasteiger partial charge in [0.05, 0.1) is 5.69 Å². The summed E-state index contributed by atoms with van der Waals surface area (Å²) < 4.78 is 13.7. The molecule has 0 saturated heterocycles. The molecule has 0 radical (unpaired) electrons. The smallest absolute Gasteiger partial charge is 0.146 e. The highest BCUT2D eigenvalue weighted by Crippen LogP contribution is 2.41. The molecule has 2 aromatic carbocycles. The lowest BCUT2D eigenvalue weighted by Crippen LogP contribution is -2.34. The fraction of sp³-hybridized carbons (Fsp3) is 0.294. The molecule has 0 amide bonds. The number of anilines is 1. The molecule has 1 fully saturated rings. The topological polar surface area (TPSA) is 12.0 Å². The number of hydrogen-bond donors (Lipinski definition) is 1. The van der Waals surface area contributed by atoms with E-state index in [1.807, 2.05) is 31.2 Å². The first kappa shape index (κ1) is 13.4. The fourth-order valence-corrected chi connectivity index (χ4v) is 3.06. The summed E-state index contributed by atoms with van der Waals surface area (Å²) in [5.41, 5.74) is 2.88. The predicted molar refractivity (Wildman–Crippen MR) is 82.0 cm³/mol. The zero-order valence-corrected chi connectivity index (χ0v) is 12.1. The lowest BCUT2D eigenvalue weighted by molar-refractivity contribution is 0.373. The summed E-state index contributed by atoms with van der Waals surface area (Å²) in [5, 5.41) is 4.12. The summed E-state index contributed by atoms with van der Waals surface area (Å²) in [6.45, 7) is 1.97. The summed E-state index contributed by atoms with van der Waals surface area (Å²) in [4.78, 5) is 0. The van der Waals surface area contributed by atoms with Crippen LogP contribution < -0.4 is 5.32 Å². The van der Waals surface area contributed by atoms with Crippen molar-refractivity contribution in [1.29, 1.82) is 0 Å². The molecular weight excluding hydrogens is 273 g/mol. The first-order chi connectivity index (χ1) is 9.63. The number of aryl methyl sites for hydroxylation is 1. The lowest BCUT2D eigenvalue weighted by Gasteiger charge is -2.37. The largest absolute Gasteiger partial charge is 0.380 e. The summed E-state index contributed by atoms with van der Waals surface area (Å²) in [5.74, 6) is 0.297. The van der Waals surface area contributed by atoms with Crippen molar-refractivity contribution in [1.82, 2.24) is 0 Å². The van der Waals surface area contributed by atoms with Crippen LogP contribution in [0.4, 0.5) is 10.1 Å². The Labute approximate surface area is 123 Å². The van der Waals surface area contributed by atoms with Gasteiger partial charge in [-0.15, -0.1) is 0 Å². The SMILES string of the molecule is Cc1ccc(F)c(NC2CC(c3ccccc3Cl)C2)c1. The Balaban J connectivity index is 1.64. The molecule has 3 rings (SSSR count). The number of benzene rings is 2. The average molecular weight is 290 g/mol.